The Kier molecular flexibility index (Phi) is 5.72. The predicted molar refractivity (Wildman–Crippen MR) is 103 cm³/mol. The first-order valence-corrected chi connectivity index (χ1v) is 8.24. The van der Waals surface area contributed by atoms with Crippen LogP contribution in [0, 0.1) is 0 Å². The molecule has 0 aliphatic carbocycles. The van der Waals surface area contributed by atoms with Crippen LogP contribution in [-0.2, 0) is 4.79 Å². The van der Waals surface area contributed by atoms with Crippen molar-refractivity contribution in [2.24, 2.45) is 0 Å². The van der Waals surface area contributed by atoms with E-state index in [0.29, 0.717) is 11.4 Å². The highest BCUT2D eigenvalue weighted by molar-refractivity contribution is 5.93. The smallest absolute Gasteiger partial charge is 0.243 e. The molecule has 0 unspecified atom stereocenters. The van der Waals surface area contributed by atoms with Crippen LogP contribution in [0.2, 0.25) is 0 Å². The van der Waals surface area contributed by atoms with Crippen molar-refractivity contribution in [3.05, 3.63) is 78.9 Å². The summed E-state index contributed by atoms with van der Waals surface area (Å²) in [7, 11) is 1.59. The maximum atomic E-state index is 12.1. The topological polar surface area (TPSA) is 59.6 Å². The molecule has 0 saturated carbocycles. The van der Waals surface area contributed by atoms with Crippen molar-refractivity contribution in [2.75, 3.05) is 24.3 Å². The molecule has 0 aromatic heterocycles. The van der Waals surface area contributed by atoms with Gasteiger partial charge in [-0.2, -0.15) is 0 Å². The van der Waals surface area contributed by atoms with Crippen LogP contribution >= 0.6 is 0 Å². The number of ether oxygens (including phenoxy) is 2. The molecule has 3 aromatic rings. The van der Waals surface area contributed by atoms with Crippen LogP contribution in [0.1, 0.15) is 0 Å². The number of rotatable bonds is 7. The zero-order chi connectivity index (χ0) is 18.2. The van der Waals surface area contributed by atoms with E-state index in [1.807, 2.05) is 72.8 Å². The molecule has 0 aliphatic heterocycles. The first-order chi connectivity index (χ1) is 12.7. The summed E-state index contributed by atoms with van der Waals surface area (Å²) in [4.78, 5) is 12.1. The quantitative estimate of drug-likeness (QED) is 0.658. The Hall–Kier alpha value is -3.47. The van der Waals surface area contributed by atoms with Crippen LogP contribution in [0.25, 0.3) is 0 Å². The number of carbonyl (C=O) groups excluding carboxylic acids is 1. The number of benzene rings is 3. The van der Waals surface area contributed by atoms with Gasteiger partial charge >= 0.3 is 0 Å². The van der Waals surface area contributed by atoms with E-state index in [-0.39, 0.29) is 12.5 Å². The number of methoxy groups -OCH3 is 1. The summed E-state index contributed by atoms with van der Waals surface area (Å²) < 4.78 is 10.9. The summed E-state index contributed by atoms with van der Waals surface area (Å²) in [6, 6.07) is 24.3. The van der Waals surface area contributed by atoms with E-state index in [1.54, 1.807) is 13.2 Å². The molecule has 0 saturated heterocycles. The predicted octanol–water partition coefficient (Wildman–Crippen LogP) is 4.54. The van der Waals surface area contributed by atoms with Gasteiger partial charge in [0.1, 0.15) is 17.2 Å². The lowest BCUT2D eigenvalue weighted by atomic mass is 10.3. The van der Waals surface area contributed by atoms with Crippen molar-refractivity contribution in [3.63, 3.8) is 0 Å². The van der Waals surface area contributed by atoms with E-state index in [9.17, 15) is 4.79 Å². The number of anilines is 2. The van der Waals surface area contributed by atoms with Crippen LogP contribution < -0.4 is 20.1 Å². The van der Waals surface area contributed by atoms with Crippen molar-refractivity contribution in [3.8, 4) is 17.2 Å². The molecule has 0 bridgehead atoms. The fraction of sp³-hybridized carbons (Fsp3) is 0.0952. The standard InChI is InChI=1S/C21H20N2O3/c1-25-20-9-5-6-17(14-20)23-21(24)15-22-16-10-12-19(13-11-16)26-18-7-3-2-4-8-18/h2-14,22H,15H2,1H3,(H,23,24). The second-order valence-corrected chi connectivity index (χ2v) is 5.57. The van der Waals surface area contributed by atoms with Gasteiger partial charge in [0.2, 0.25) is 5.91 Å². The van der Waals surface area contributed by atoms with Crippen LogP contribution in [0.15, 0.2) is 78.9 Å². The van der Waals surface area contributed by atoms with Crippen LogP contribution in [-0.4, -0.2) is 19.6 Å². The van der Waals surface area contributed by atoms with Gasteiger partial charge in [-0.1, -0.05) is 24.3 Å². The summed E-state index contributed by atoms with van der Waals surface area (Å²) in [6.07, 6.45) is 0. The van der Waals surface area contributed by atoms with Gasteiger partial charge in [-0.15, -0.1) is 0 Å². The maximum absolute atomic E-state index is 12.1. The fourth-order valence-corrected chi connectivity index (χ4v) is 2.35. The largest absolute Gasteiger partial charge is 0.497 e. The lowest BCUT2D eigenvalue weighted by Gasteiger charge is -2.10. The number of amides is 1. The van der Waals surface area contributed by atoms with E-state index >= 15 is 0 Å². The third-order valence-corrected chi connectivity index (χ3v) is 3.64. The van der Waals surface area contributed by atoms with Crippen molar-refractivity contribution in [2.45, 2.75) is 0 Å². The van der Waals surface area contributed by atoms with Crippen LogP contribution in [0.4, 0.5) is 11.4 Å². The molecule has 5 heteroatoms. The van der Waals surface area contributed by atoms with Crippen molar-refractivity contribution < 1.29 is 14.3 Å². The van der Waals surface area contributed by atoms with Gasteiger partial charge in [0.25, 0.3) is 0 Å². The minimum Gasteiger partial charge on any atom is -0.497 e. The lowest BCUT2D eigenvalue weighted by Crippen LogP contribution is -2.21. The SMILES string of the molecule is COc1cccc(NC(=O)CNc2ccc(Oc3ccccc3)cc2)c1. The third-order valence-electron chi connectivity index (χ3n) is 3.64. The van der Waals surface area contributed by atoms with E-state index in [0.717, 1.165) is 17.2 Å². The Morgan fingerprint density at radius 1 is 0.808 bits per heavy atom. The Morgan fingerprint density at radius 3 is 2.23 bits per heavy atom. The molecule has 0 radical (unpaired) electrons. The maximum Gasteiger partial charge on any atom is 0.243 e. The average molecular weight is 348 g/mol. The Labute approximate surface area is 152 Å². The number of hydrogen-bond donors (Lipinski definition) is 2. The normalized spacial score (nSPS) is 10.0. The number of nitrogens with one attached hydrogen (secondary N) is 2. The Balaban J connectivity index is 1.50. The molecule has 3 rings (SSSR count). The van der Waals surface area contributed by atoms with E-state index in [1.165, 1.54) is 0 Å². The molecule has 0 spiro atoms. The van der Waals surface area contributed by atoms with Crippen molar-refractivity contribution in [1.82, 2.24) is 0 Å². The first kappa shape index (κ1) is 17.4. The lowest BCUT2D eigenvalue weighted by molar-refractivity contribution is -0.114. The van der Waals surface area contributed by atoms with Crippen LogP contribution in [0.5, 0.6) is 17.2 Å². The summed E-state index contributed by atoms with van der Waals surface area (Å²) in [5.41, 5.74) is 1.54. The molecule has 0 atom stereocenters. The molecule has 0 heterocycles. The minimum atomic E-state index is -0.136. The van der Waals surface area contributed by atoms with Gasteiger partial charge in [0.05, 0.1) is 13.7 Å². The number of carbonyl (C=O) groups is 1. The zero-order valence-electron chi connectivity index (χ0n) is 14.4. The minimum absolute atomic E-state index is 0.136. The van der Waals surface area contributed by atoms with Crippen LogP contribution in [0.3, 0.4) is 0 Å². The molecule has 26 heavy (non-hydrogen) atoms. The molecule has 2 N–H and O–H groups in total. The molecule has 0 fully saturated rings. The average Bonchev–Trinajstić information content (AvgIpc) is 2.68. The Bertz CT molecular complexity index is 849. The number of hydrogen-bond acceptors (Lipinski definition) is 4. The van der Waals surface area contributed by atoms with E-state index in [2.05, 4.69) is 10.6 Å². The van der Waals surface area contributed by atoms with Gasteiger partial charge in [-0.3, -0.25) is 4.79 Å². The van der Waals surface area contributed by atoms with Gasteiger partial charge in [0, 0.05) is 17.4 Å². The first-order valence-electron chi connectivity index (χ1n) is 8.24. The van der Waals surface area contributed by atoms with Crippen molar-refractivity contribution in [1.29, 1.82) is 0 Å². The molecular formula is C21H20N2O3. The monoisotopic (exact) mass is 348 g/mol. The van der Waals surface area contributed by atoms with E-state index < -0.39 is 0 Å². The molecular weight excluding hydrogens is 328 g/mol. The highest BCUT2D eigenvalue weighted by Gasteiger charge is 2.04. The second-order valence-electron chi connectivity index (χ2n) is 5.57. The molecule has 132 valence electrons. The molecule has 0 aliphatic rings. The zero-order valence-corrected chi connectivity index (χ0v) is 14.4. The van der Waals surface area contributed by atoms with Gasteiger partial charge < -0.3 is 20.1 Å². The molecule has 3 aromatic carbocycles. The Morgan fingerprint density at radius 2 is 1.50 bits per heavy atom. The summed E-state index contributed by atoms with van der Waals surface area (Å²) in [6.45, 7) is 0.163. The highest BCUT2D eigenvalue weighted by atomic mass is 16.5. The number of para-hydroxylation sites is 1. The summed E-state index contributed by atoms with van der Waals surface area (Å²) >= 11 is 0. The van der Waals surface area contributed by atoms with Crippen molar-refractivity contribution >= 4 is 17.3 Å². The summed E-state index contributed by atoms with van der Waals surface area (Å²) in [5.74, 6) is 2.08. The molecule has 5 nitrogen and oxygen atoms in total. The highest BCUT2D eigenvalue weighted by Crippen LogP contribution is 2.22. The van der Waals surface area contributed by atoms with Gasteiger partial charge in [0.15, 0.2) is 0 Å². The van der Waals surface area contributed by atoms with Gasteiger partial charge in [-0.05, 0) is 48.5 Å². The molecule has 1 amide bonds. The summed E-state index contributed by atoms with van der Waals surface area (Å²) in [5, 5.41) is 5.91. The third kappa shape index (κ3) is 5.01. The van der Waals surface area contributed by atoms with E-state index in [4.69, 9.17) is 9.47 Å². The fourth-order valence-electron chi connectivity index (χ4n) is 2.35. The second kappa shape index (κ2) is 8.58. The van der Waals surface area contributed by atoms with Gasteiger partial charge in [-0.25, -0.2) is 0 Å².